The van der Waals surface area contributed by atoms with Gasteiger partial charge < -0.3 is 14.8 Å². The third kappa shape index (κ3) is 4.08. The number of nitrogens with zero attached hydrogens (tertiary/aromatic N) is 1. The standard InChI is InChI=1S/C15H24N2O3/c1-12(15(19)16-10-14-5-3-9-20-14)17-7-2-4-13(11-17)6-8-18/h3,5,9,12-13,18H,2,4,6-8,10-11H2,1H3,(H,16,19). The number of likely N-dealkylation sites (tertiary alicyclic amines) is 1. The molecule has 1 saturated heterocycles. The molecular weight excluding hydrogens is 256 g/mol. The first-order valence-electron chi connectivity index (χ1n) is 7.35. The van der Waals surface area contributed by atoms with Crippen LogP contribution in [0.25, 0.3) is 0 Å². The van der Waals surface area contributed by atoms with Gasteiger partial charge in [0.15, 0.2) is 0 Å². The average Bonchev–Trinajstić information content (AvgIpc) is 2.98. The fourth-order valence-electron chi connectivity index (χ4n) is 2.77. The largest absolute Gasteiger partial charge is 0.467 e. The molecule has 2 atom stereocenters. The molecule has 0 aromatic carbocycles. The van der Waals surface area contributed by atoms with Crippen molar-refractivity contribution in [2.24, 2.45) is 5.92 Å². The third-order valence-electron chi connectivity index (χ3n) is 4.03. The van der Waals surface area contributed by atoms with E-state index in [0.29, 0.717) is 12.5 Å². The van der Waals surface area contributed by atoms with E-state index >= 15 is 0 Å². The summed E-state index contributed by atoms with van der Waals surface area (Å²) in [4.78, 5) is 14.4. The van der Waals surface area contributed by atoms with Gasteiger partial charge in [-0.05, 0) is 50.8 Å². The number of aliphatic hydroxyl groups is 1. The molecule has 20 heavy (non-hydrogen) atoms. The van der Waals surface area contributed by atoms with Gasteiger partial charge in [-0.25, -0.2) is 0 Å². The molecule has 112 valence electrons. The van der Waals surface area contributed by atoms with E-state index in [-0.39, 0.29) is 18.6 Å². The Morgan fingerprint density at radius 3 is 3.20 bits per heavy atom. The summed E-state index contributed by atoms with van der Waals surface area (Å²) in [6.45, 7) is 4.47. The summed E-state index contributed by atoms with van der Waals surface area (Å²) >= 11 is 0. The number of hydrogen-bond acceptors (Lipinski definition) is 4. The lowest BCUT2D eigenvalue weighted by molar-refractivity contribution is -0.126. The van der Waals surface area contributed by atoms with Crippen LogP contribution < -0.4 is 5.32 Å². The lowest BCUT2D eigenvalue weighted by atomic mass is 9.94. The van der Waals surface area contributed by atoms with Crippen molar-refractivity contribution >= 4 is 5.91 Å². The monoisotopic (exact) mass is 280 g/mol. The highest BCUT2D eigenvalue weighted by atomic mass is 16.3. The number of aliphatic hydroxyl groups excluding tert-OH is 1. The zero-order chi connectivity index (χ0) is 14.4. The van der Waals surface area contributed by atoms with Crippen molar-refractivity contribution in [2.45, 2.75) is 38.8 Å². The molecule has 2 unspecified atom stereocenters. The zero-order valence-electron chi connectivity index (χ0n) is 12.0. The molecule has 2 heterocycles. The van der Waals surface area contributed by atoms with E-state index in [1.165, 1.54) is 0 Å². The smallest absolute Gasteiger partial charge is 0.237 e. The van der Waals surface area contributed by atoms with Crippen molar-refractivity contribution in [3.63, 3.8) is 0 Å². The van der Waals surface area contributed by atoms with Gasteiger partial charge >= 0.3 is 0 Å². The molecule has 0 bridgehead atoms. The molecule has 0 radical (unpaired) electrons. The van der Waals surface area contributed by atoms with Crippen LogP contribution in [0, 0.1) is 5.92 Å². The normalized spacial score (nSPS) is 21.6. The van der Waals surface area contributed by atoms with E-state index in [0.717, 1.165) is 38.1 Å². The van der Waals surface area contributed by atoms with Crippen molar-refractivity contribution in [3.05, 3.63) is 24.2 Å². The zero-order valence-corrected chi connectivity index (χ0v) is 12.0. The number of hydrogen-bond donors (Lipinski definition) is 2. The molecular formula is C15H24N2O3. The summed E-state index contributed by atoms with van der Waals surface area (Å²) in [7, 11) is 0. The molecule has 1 aromatic rings. The number of carbonyl (C=O) groups is 1. The highest BCUT2D eigenvalue weighted by Crippen LogP contribution is 2.21. The summed E-state index contributed by atoms with van der Waals surface area (Å²) in [5.74, 6) is 1.31. The first-order chi connectivity index (χ1) is 9.70. The Balaban J connectivity index is 1.80. The Bertz CT molecular complexity index is 403. The van der Waals surface area contributed by atoms with Gasteiger partial charge in [0.05, 0.1) is 18.8 Å². The Kier molecular flexibility index (Phi) is 5.61. The highest BCUT2D eigenvalue weighted by molar-refractivity contribution is 5.81. The minimum absolute atomic E-state index is 0.0334. The van der Waals surface area contributed by atoms with E-state index in [1.807, 2.05) is 19.1 Å². The van der Waals surface area contributed by atoms with Crippen molar-refractivity contribution in [2.75, 3.05) is 19.7 Å². The summed E-state index contributed by atoms with van der Waals surface area (Å²) in [6.07, 6.45) is 4.69. The third-order valence-corrected chi connectivity index (χ3v) is 4.03. The fraction of sp³-hybridized carbons (Fsp3) is 0.667. The van der Waals surface area contributed by atoms with Crippen LogP contribution in [0.5, 0.6) is 0 Å². The number of rotatable bonds is 6. The van der Waals surface area contributed by atoms with Crippen molar-refractivity contribution in [3.8, 4) is 0 Å². The number of carbonyl (C=O) groups excluding carboxylic acids is 1. The van der Waals surface area contributed by atoms with Crippen LogP contribution in [-0.2, 0) is 11.3 Å². The second-order valence-corrected chi connectivity index (χ2v) is 5.49. The molecule has 0 saturated carbocycles. The molecule has 1 aromatic heterocycles. The van der Waals surface area contributed by atoms with Gasteiger partial charge in [-0.15, -0.1) is 0 Å². The average molecular weight is 280 g/mol. The maximum atomic E-state index is 12.2. The molecule has 1 fully saturated rings. The Morgan fingerprint density at radius 2 is 2.50 bits per heavy atom. The van der Waals surface area contributed by atoms with Gasteiger partial charge in [-0.1, -0.05) is 0 Å². The van der Waals surface area contributed by atoms with Crippen LogP contribution in [0.1, 0.15) is 31.9 Å². The van der Waals surface area contributed by atoms with Gasteiger partial charge in [0.1, 0.15) is 5.76 Å². The number of nitrogens with one attached hydrogen (secondary N) is 1. The number of furan rings is 1. The van der Waals surface area contributed by atoms with E-state index in [1.54, 1.807) is 6.26 Å². The molecule has 2 N–H and O–H groups in total. The fourth-order valence-corrected chi connectivity index (χ4v) is 2.77. The number of amides is 1. The Labute approximate surface area is 119 Å². The van der Waals surface area contributed by atoms with Crippen molar-refractivity contribution in [1.82, 2.24) is 10.2 Å². The minimum Gasteiger partial charge on any atom is -0.467 e. The molecule has 0 spiro atoms. The Morgan fingerprint density at radius 1 is 1.65 bits per heavy atom. The van der Waals surface area contributed by atoms with Crippen LogP contribution in [0.3, 0.4) is 0 Å². The van der Waals surface area contributed by atoms with E-state index in [2.05, 4.69) is 10.2 Å². The molecule has 2 rings (SSSR count). The highest BCUT2D eigenvalue weighted by Gasteiger charge is 2.26. The predicted octanol–water partition coefficient (Wildman–Crippen LogP) is 1.38. The summed E-state index contributed by atoms with van der Waals surface area (Å²) in [6, 6.07) is 3.53. The van der Waals surface area contributed by atoms with Gasteiger partial charge in [0, 0.05) is 13.2 Å². The molecule has 1 aliphatic rings. The second kappa shape index (κ2) is 7.45. The van der Waals surface area contributed by atoms with Crippen molar-refractivity contribution < 1.29 is 14.3 Å². The maximum absolute atomic E-state index is 12.2. The summed E-state index contributed by atoms with van der Waals surface area (Å²) in [5, 5.41) is 11.9. The van der Waals surface area contributed by atoms with Crippen molar-refractivity contribution in [1.29, 1.82) is 0 Å². The summed E-state index contributed by atoms with van der Waals surface area (Å²) in [5.41, 5.74) is 0. The lowest BCUT2D eigenvalue weighted by Gasteiger charge is -2.35. The molecule has 5 heteroatoms. The van der Waals surface area contributed by atoms with Crippen LogP contribution in [0.15, 0.2) is 22.8 Å². The van der Waals surface area contributed by atoms with Crippen LogP contribution in [0.4, 0.5) is 0 Å². The molecule has 0 aliphatic carbocycles. The van der Waals surface area contributed by atoms with Crippen LogP contribution >= 0.6 is 0 Å². The SMILES string of the molecule is CC(C(=O)NCc1ccco1)N1CCCC(CCO)C1. The first-order valence-corrected chi connectivity index (χ1v) is 7.35. The van der Waals surface area contributed by atoms with Gasteiger partial charge in [0.2, 0.25) is 5.91 Å². The van der Waals surface area contributed by atoms with E-state index in [4.69, 9.17) is 9.52 Å². The molecule has 5 nitrogen and oxygen atoms in total. The minimum atomic E-state index is -0.133. The Hall–Kier alpha value is -1.33. The van der Waals surface area contributed by atoms with Crippen LogP contribution in [0.2, 0.25) is 0 Å². The van der Waals surface area contributed by atoms with Gasteiger partial charge in [0.25, 0.3) is 0 Å². The molecule has 1 aliphatic heterocycles. The second-order valence-electron chi connectivity index (χ2n) is 5.49. The quantitative estimate of drug-likeness (QED) is 0.826. The summed E-state index contributed by atoms with van der Waals surface area (Å²) < 4.78 is 5.20. The van der Waals surface area contributed by atoms with Gasteiger partial charge in [-0.3, -0.25) is 9.69 Å². The maximum Gasteiger partial charge on any atom is 0.237 e. The topological polar surface area (TPSA) is 65.7 Å². The van der Waals surface area contributed by atoms with E-state index in [9.17, 15) is 4.79 Å². The van der Waals surface area contributed by atoms with Crippen LogP contribution in [-0.4, -0.2) is 41.7 Å². The predicted molar refractivity (Wildman–Crippen MR) is 76.0 cm³/mol. The number of piperidine rings is 1. The molecule has 1 amide bonds. The van der Waals surface area contributed by atoms with Gasteiger partial charge in [-0.2, -0.15) is 0 Å². The lowest BCUT2D eigenvalue weighted by Crippen LogP contribution is -2.49. The van der Waals surface area contributed by atoms with E-state index < -0.39 is 0 Å². The first kappa shape index (κ1) is 15.1.